The molecule has 0 bridgehead atoms. The molecule has 13 nitrogen and oxygen atoms in total. The van der Waals surface area contributed by atoms with Crippen LogP contribution in [0.3, 0.4) is 0 Å². The van der Waals surface area contributed by atoms with E-state index in [0.717, 1.165) is 41.7 Å². The molecular formula is C19H26O13. The fraction of sp³-hybridized carbons (Fsp3) is 0.684. The molecular weight excluding hydrogens is 436 g/mol. The second kappa shape index (κ2) is 11.4. The predicted octanol–water partition coefficient (Wildman–Crippen LogP) is -0.434. The van der Waals surface area contributed by atoms with Gasteiger partial charge in [-0.3, -0.25) is 24.0 Å². The average Bonchev–Trinajstić information content (AvgIpc) is 2.64. The molecule has 1 rings (SSSR count). The van der Waals surface area contributed by atoms with Crippen molar-refractivity contribution in [2.75, 3.05) is 13.7 Å². The van der Waals surface area contributed by atoms with Gasteiger partial charge in [-0.2, -0.15) is 0 Å². The van der Waals surface area contributed by atoms with E-state index in [-0.39, 0.29) is 0 Å². The van der Waals surface area contributed by atoms with Gasteiger partial charge < -0.3 is 33.2 Å². The number of methoxy groups -OCH3 is 1. The Kier molecular flexibility index (Phi) is 9.56. The number of carbonyl (C=O) groups is 6. The third kappa shape index (κ3) is 7.48. The normalized spacial score (nSPS) is 25.5. The molecule has 1 saturated heterocycles. The summed E-state index contributed by atoms with van der Waals surface area (Å²) in [6.07, 6.45) is -6.49. The van der Waals surface area contributed by atoms with Crippen LogP contribution in [0.1, 0.15) is 41.0 Å². The molecule has 0 radical (unpaired) electrons. The zero-order chi connectivity index (χ0) is 24.6. The molecule has 0 amide bonds. The number of ether oxygens (including phenoxy) is 7. The molecule has 1 fully saturated rings. The van der Waals surface area contributed by atoms with Crippen LogP contribution in [-0.4, -0.2) is 79.7 Å². The Bertz CT molecular complexity index is 760. The lowest BCUT2D eigenvalue weighted by molar-refractivity contribution is -0.317. The van der Waals surface area contributed by atoms with Crippen molar-refractivity contribution in [2.45, 2.75) is 71.2 Å². The summed E-state index contributed by atoms with van der Waals surface area (Å²) in [4.78, 5) is 70.7. The second-order valence-corrected chi connectivity index (χ2v) is 6.80. The Labute approximate surface area is 183 Å². The van der Waals surface area contributed by atoms with Crippen molar-refractivity contribution < 1.29 is 61.9 Å². The van der Waals surface area contributed by atoms with E-state index < -0.39 is 79.0 Å². The Morgan fingerprint density at radius 1 is 0.875 bits per heavy atom. The van der Waals surface area contributed by atoms with Gasteiger partial charge in [0.25, 0.3) is 0 Å². The molecule has 180 valence electrons. The van der Waals surface area contributed by atoms with Gasteiger partial charge in [0, 0.05) is 34.6 Å². The third-order valence-corrected chi connectivity index (χ3v) is 4.05. The number of hydrogen-bond donors (Lipinski definition) is 0. The highest BCUT2D eigenvalue weighted by atomic mass is 16.8. The average molecular weight is 462 g/mol. The highest BCUT2D eigenvalue weighted by molar-refractivity contribution is 5.82. The van der Waals surface area contributed by atoms with Gasteiger partial charge in [0.2, 0.25) is 0 Å². The zero-order valence-electron chi connectivity index (χ0n) is 18.5. The highest BCUT2D eigenvalue weighted by Gasteiger charge is 2.60. The summed E-state index contributed by atoms with van der Waals surface area (Å²) >= 11 is 0. The quantitative estimate of drug-likeness (QED) is 0.337. The van der Waals surface area contributed by atoms with Crippen LogP contribution in [0.2, 0.25) is 0 Å². The Balaban J connectivity index is 3.60. The van der Waals surface area contributed by atoms with E-state index in [2.05, 4.69) is 4.74 Å². The molecule has 0 N–H and O–H groups in total. The lowest BCUT2D eigenvalue weighted by Crippen LogP contribution is -2.65. The van der Waals surface area contributed by atoms with E-state index in [1.54, 1.807) is 0 Å². The molecule has 1 aliphatic heterocycles. The van der Waals surface area contributed by atoms with Gasteiger partial charge >= 0.3 is 41.6 Å². The van der Waals surface area contributed by atoms with Crippen molar-refractivity contribution in [3.8, 4) is 0 Å². The topological polar surface area (TPSA) is 167 Å². The first-order chi connectivity index (χ1) is 14.8. The fourth-order valence-corrected chi connectivity index (χ4v) is 3.11. The summed E-state index contributed by atoms with van der Waals surface area (Å²) in [5, 5.41) is 0. The minimum Gasteiger partial charge on any atom is -0.464 e. The number of carbonyl (C=O) groups excluding carboxylic acids is 6. The standard InChI is InChI=1S/C19H26O13/c1-9(20)27-8-15(29-11(3)22)17-16(30-12(4)23)14(28-10(2)21)7-19(32-17,18(25)26-6)31-13(5)24/h14-17H,7-8H2,1-6H3/t14-,15-,16-,17-,19-/m1/s1. The van der Waals surface area contributed by atoms with Crippen LogP contribution < -0.4 is 0 Å². The van der Waals surface area contributed by atoms with Gasteiger partial charge in [-0.15, -0.1) is 0 Å². The van der Waals surface area contributed by atoms with E-state index in [0.29, 0.717) is 0 Å². The minimum absolute atomic E-state index is 0.582. The molecule has 1 aliphatic rings. The van der Waals surface area contributed by atoms with Crippen LogP contribution in [0.25, 0.3) is 0 Å². The Morgan fingerprint density at radius 2 is 1.47 bits per heavy atom. The molecule has 0 unspecified atom stereocenters. The summed E-state index contributed by atoms with van der Waals surface area (Å²) in [6, 6.07) is 0. The molecule has 32 heavy (non-hydrogen) atoms. The fourth-order valence-electron chi connectivity index (χ4n) is 3.11. The summed E-state index contributed by atoms with van der Waals surface area (Å²) in [5.74, 6) is -7.80. The zero-order valence-corrected chi connectivity index (χ0v) is 18.5. The van der Waals surface area contributed by atoms with Crippen molar-refractivity contribution in [3.63, 3.8) is 0 Å². The molecule has 0 spiro atoms. The van der Waals surface area contributed by atoms with Gasteiger partial charge in [-0.1, -0.05) is 0 Å². The van der Waals surface area contributed by atoms with Crippen LogP contribution in [0.4, 0.5) is 0 Å². The molecule has 13 heteroatoms. The van der Waals surface area contributed by atoms with Crippen LogP contribution in [0, 0.1) is 0 Å². The van der Waals surface area contributed by atoms with Crippen LogP contribution >= 0.6 is 0 Å². The van der Waals surface area contributed by atoms with Gasteiger partial charge in [0.05, 0.1) is 13.5 Å². The maximum atomic E-state index is 12.6. The van der Waals surface area contributed by atoms with Crippen LogP contribution in [0.15, 0.2) is 0 Å². The molecule has 0 aliphatic carbocycles. The first-order valence-corrected chi connectivity index (χ1v) is 9.42. The van der Waals surface area contributed by atoms with Gasteiger partial charge in [-0.25, -0.2) is 4.79 Å². The summed E-state index contributed by atoms with van der Waals surface area (Å²) in [6.45, 7) is 4.67. The largest absolute Gasteiger partial charge is 0.464 e. The van der Waals surface area contributed by atoms with E-state index >= 15 is 0 Å². The summed E-state index contributed by atoms with van der Waals surface area (Å²) in [5.41, 5.74) is 0. The number of rotatable bonds is 8. The molecule has 1 heterocycles. The van der Waals surface area contributed by atoms with Crippen molar-refractivity contribution >= 4 is 35.8 Å². The molecule has 0 aromatic heterocycles. The predicted molar refractivity (Wildman–Crippen MR) is 99.3 cm³/mol. The lowest BCUT2D eigenvalue weighted by Gasteiger charge is -2.46. The number of esters is 6. The maximum Gasteiger partial charge on any atom is 0.379 e. The second-order valence-electron chi connectivity index (χ2n) is 6.80. The van der Waals surface area contributed by atoms with Crippen molar-refractivity contribution in [1.82, 2.24) is 0 Å². The highest BCUT2D eigenvalue weighted by Crippen LogP contribution is 2.37. The van der Waals surface area contributed by atoms with E-state index in [9.17, 15) is 28.8 Å². The van der Waals surface area contributed by atoms with Gasteiger partial charge in [-0.05, 0) is 0 Å². The molecule has 0 saturated carbocycles. The van der Waals surface area contributed by atoms with Crippen LogP contribution in [0.5, 0.6) is 0 Å². The van der Waals surface area contributed by atoms with E-state index in [1.807, 2.05) is 0 Å². The van der Waals surface area contributed by atoms with E-state index in [4.69, 9.17) is 28.4 Å². The van der Waals surface area contributed by atoms with Gasteiger partial charge in [0.15, 0.2) is 12.2 Å². The monoisotopic (exact) mass is 462 g/mol. The Morgan fingerprint density at radius 3 is 1.91 bits per heavy atom. The van der Waals surface area contributed by atoms with Crippen molar-refractivity contribution in [3.05, 3.63) is 0 Å². The first-order valence-electron chi connectivity index (χ1n) is 9.42. The molecule has 0 aromatic rings. The van der Waals surface area contributed by atoms with E-state index in [1.165, 1.54) is 0 Å². The lowest BCUT2D eigenvalue weighted by atomic mass is 9.91. The van der Waals surface area contributed by atoms with Gasteiger partial charge in [0.1, 0.15) is 18.8 Å². The first kappa shape index (κ1) is 26.8. The van der Waals surface area contributed by atoms with Crippen molar-refractivity contribution in [1.29, 1.82) is 0 Å². The minimum atomic E-state index is -2.45. The van der Waals surface area contributed by atoms with Crippen molar-refractivity contribution in [2.24, 2.45) is 0 Å². The Hall–Kier alpha value is -3.22. The number of hydrogen-bond acceptors (Lipinski definition) is 13. The summed E-state index contributed by atoms with van der Waals surface area (Å²) < 4.78 is 36.0. The maximum absolute atomic E-state index is 12.6. The third-order valence-electron chi connectivity index (χ3n) is 4.05. The SMILES string of the molecule is COC(=O)[C@@]1(OC(C)=O)C[C@@H](OC(C)=O)[C@@H](OC(C)=O)[C@@H]([C@@H](COC(C)=O)OC(C)=O)O1. The van der Waals surface area contributed by atoms with Crippen LogP contribution in [-0.2, 0) is 61.9 Å². The molecule has 5 atom stereocenters. The summed E-state index contributed by atoms with van der Waals surface area (Å²) in [7, 11) is 0.993. The smallest absolute Gasteiger partial charge is 0.379 e. The molecule has 0 aromatic carbocycles.